The van der Waals surface area contributed by atoms with E-state index in [2.05, 4.69) is 161 Å². The number of hydrogen-bond acceptors (Lipinski definition) is 0. The first kappa shape index (κ1) is 21.0. The summed E-state index contributed by atoms with van der Waals surface area (Å²) in [4.78, 5) is 0. The van der Waals surface area contributed by atoms with Crippen LogP contribution >= 0.6 is 63.7 Å². The Balaban J connectivity index is 2.11. The zero-order valence-electron chi connectivity index (χ0n) is 15.2. The maximum absolute atomic E-state index is 3.59. The number of halogens is 4. The van der Waals surface area contributed by atoms with Crippen molar-refractivity contribution in [1.29, 1.82) is 0 Å². The van der Waals surface area contributed by atoms with E-state index >= 15 is 0 Å². The van der Waals surface area contributed by atoms with Gasteiger partial charge in [0.25, 0.3) is 0 Å². The van der Waals surface area contributed by atoms with E-state index in [4.69, 9.17) is 0 Å². The second kappa shape index (κ2) is 8.89. The zero-order valence-corrected chi connectivity index (χ0v) is 21.6. The molecule has 0 amide bonds. The quantitative estimate of drug-likeness (QED) is 0.196. The van der Waals surface area contributed by atoms with Gasteiger partial charge in [-0.1, -0.05) is 112 Å². The second-order valence-electron chi connectivity index (χ2n) is 6.78. The molecule has 0 aliphatic heterocycles. The highest BCUT2D eigenvalue weighted by Gasteiger charge is 2.38. The highest BCUT2D eigenvalue weighted by Crippen LogP contribution is 2.46. The minimum Gasteiger partial charge on any atom is -0.0563 e. The molecule has 0 atom stereocenters. The summed E-state index contributed by atoms with van der Waals surface area (Å²) in [6.07, 6.45) is 0. The third kappa shape index (κ3) is 4.18. The summed E-state index contributed by atoms with van der Waals surface area (Å²) in [6, 6.07) is 34.5. The summed E-state index contributed by atoms with van der Waals surface area (Å²) < 4.78 is 4.27. The van der Waals surface area contributed by atoms with Crippen LogP contribution in [-0.4, -0.2) is 0 Å². The van der Waals surface area contributed by atoms with Gasteiger partial charge in [0.2, 0.25) is 0 Å². The van der Waals surface area contributed by atoms with Gasteiger partial charge < -0.3 is 0 Å². The predicted octanol–water partition coefficient (Wildman–Crippen LogP) is 9.12. The summed E-state index contributed by atoms with van der Waals surface area (Å²) >= 11 is 14.4. The average molecular weight is 636 g/mol. The monoisotopic (exact) mass is 632 g/mol. The third-order valence-electron chi connectivity index (χ3n) is 5.11. The maximum Gasteiger partial charge on any atom is 0.0701 e. The molecule has 0 aliphatic rings. The van der Waals surface area contributed by atoms with E-state index < -0.39 is 5.41 Å². The van der Waals surface area contributed by atoms with Gasteiger partial charge in [-0.25, -0.2) is 0 Å². The van der Waals surface area contributed by atoms with Crippen LogP contribution in [0.15, 0.2) is 115 Å². The van der Waals surface area contributed by atoms with Gasteiger partial charge in [-0.3, -0.25) is 0 Å². The van der Waals surface area contributed by atoms with Crippen LogP contribution < -0.4 is 0 Å². The fraction of sp³-hybridized carbons (Fsp3) is 0.0400. The second-order valence-corrected chi connectivity index (χ2v) is 10.4. The van der Waals surface area contributed by atoms with Crippen molar-refractivity contribution in [3.63, 3.8) is 0 Å². The van der Waals surface area contributed by atoms with Gasteiger partial charge in [-0.15, -0.1) is 0 Å². The van der Waals surface area contributed by atoms with Gasteiger partial charge in [0.1, 0.15) is 0 Å². The largest absolute Gasteiger partial charge is 0.0701 e. The average Bonchev–Trinajstić information content (AvgIpc) is 2.73. The number of hydrogen-bond donors (Lipinski definition) is 0. The van der Waals surface area contributed by atoms with Crippen molar-refractivity contribution in [2.24, 2.45) is 0 Å². The summed E-state index contributed by atoms with van der Waals surface area (Å²) in [7, 11) is 0. The fourth-order valence-corrected chi connectivity index (χ4v) is 4.86. The molecule has 4 rings (SSSR count). The highest BCUT2D eigenvalue weighted by atomic mass is 79.9. The minimum atomic E-state index is -0.442. The Kier molecular flexibility index (Phi) is 6.45. The van der Waals surface area contributed by atoms with Crippen molar-refractivity contribution in [1.82, 2.24) is 0 Å². The van der Waals surface area contributed by atoms with Crippen molar-refractivity contribution in [3.05, 3.63) is 137 Å². The smallest absolute Gasteiger partial charge is 0.0563 e. The minimum absolute atomic E-state index is 0.442. The van der Waals surface area contributed by atoms with E-state index in [1.807, 2.05) is 0 Å². The van der Waals surface area contributed by atoms with Gasteiger partial charge in [-0.2, -0.15) is 0 Å². The Morgan fingerprint density at radius 1 is 0.310 bits per heavy atom. The molecular formula is C25H16Br4. The van der Waals surface area contributed by atoms with Crippen LogP contribution in [0.25, 0.3) is 0 Å². The topological polar surface area (TPSA) is 0 Å². The van der Waals surface area contributed by atoms with Gasteiger partial charge in [0.15, 0.2) is 0 Å². The van der Waals surface area contributed by atoms with Gasteiger partial charge >= 0.3 is 0 Å². The molecule has 0 heterocycles. The third-order valence-corrected chi connectivity index (χ3v) is 7.22. The van der Waals surface area contributed by atoms with Crippen LogP contribution in [0.4, 0.5) is 0 Å². The lowest BCUT2D eigenvalue weighted by molar-refractivity contribution is 0.744. The van der Waals surface area contributed by atoms with Crippen LogP contribution in [-0.2, 0) is 5.41 Å². The van der Waals surface area contributed by atoms with Crippen LogP contribution in [0.2, 0.25) is 0 Å². The molecule has 0 aromatic heterocycles. The maximum atomic E-state index is 3.59. The lowest BCUT2D eigenvalue weighted by Gasteiger charge is -2.37. The summed E-state index contributed by atoms with van der Waals surface area (Å²) in [5.41, 5.74) is 4.42. The molecule has 4 aromatic rings. The first-order valence-corrected chi connectivity index (χ1v) is 12.2. The molecule has 0 nitrogen and oxygen atoms in total. The van der Waals surface area contributed by atoms with Crippen LogP contribution in [0, 0.1) is 0 Å². The normalized spacial score (nSPS) is 11.4. The summed E-state index contributed by atoms with van der Waals surface area (Å²) in [6.45, 7) is 0. The molecule has 0 spiro atoms. The number of rotatable bonds is 4. The molecule has 144 valence electrons. The Morgan fingerprint density at radius 3 is 0.655 bits per heavy atom. The van der Waals surface area contributed by atoms with Crippen LogP contribution in [0.3, 0.4) is 0 Å². The van der Waals surface area contributed by atoms with Gasteiger partial charge in [0, 0.05) is 17.9 Å². The van der Waals surface area contributed by atoms with E-state index in [9.17, 15) is 0 Å². The van der Waals surface area contributed by atoms with Crippen LogP contribution in [0.1, 0.15) is 22.3 Å². The van der Waals surface area contributed by atoms with Crippen LogP contribution in [0.5, 0.6) is 0 Å². The lowest BCUT2D eigenvalue weighted by atomic mass is 9.65. The van der Waals surface area contributed by atoms with Crippen molar-refractivity contribution < 1.29 is 0 Å². The van der Waals surface area contributed by atoms with E-state index in [1.165, 1.54) is 22.3 Å². The first-order chi connectivity index (χ1) is 14.0. The van der Waals surface area contributed by atoms with Crippen molar-refractivity contribution in [3.8, 4) is 0 Å². The van der Waals surface area contributed by atoms with Crippen molar-refractivity contribution in [2.45, 2.75) is 5.41 Å². The van der Waals surface area contributed by atoms with Crippen molar-refractivity contribution >= 4 is 63.7 Å². The van der Waals surface area contributed by atoms with Crippen molar-refractivity contribution in [2.75, 3.05) is 0 Å². The van der Waals surface area contributed by atoms with E-state index in [0.717, 1.165) is 17.9 Å². The molecule has 0 saturated carbocycles. The first-order valence-electron chi connectivity index (χ1n) is 9.04. The zero-order chi connectivity index (χ0) is 20.4. The van der Waals surface area contributed by atoms with Gasteiger partial charge in [0.05, 0.1) is 5.41 Å². The Morgan fingerprint density at radius 2 is 0.483 bits per heavy atom. The van der Waals surface area contributed by atoms with Gasteiger partial charge in [-0.05, 0) is 70.8 Å². The molecule has 0 unspecified atom stereocenters. The molecule has 0 fully saturated rings. The summed E-state index contributed by atoms with van der Waals surface area (Å²) in [5.74, 6) is 0. The molecule has 0 radical (unpaired) electrons. The molecule has 0 bridgehead atoms. The molecule has 4 heteroatoms. The Bertz CT molecular complexity index is 910. The molecule has 0 aliphatic carbocycles. The number of benzene rings is 4. The lowest BCUT2D eigenvalue weighted by Crippen LogP contribution is -2.31. The summed E-state index contributed by atoms with van der Waals surface area (Å²) in [5, 5.41) is 0. The SMILES string of the molecule is Brc1ccc(C(c2ccc(Br)cc2)(c2ccc(Br)cc2)c2ccc(Br)cc2)cc1. The molecule has 0 N–H and O–H groups in total. The standard InChI is InChI=1S/C25H16Br4/c26-21-9-1-17(2-10-21)25(18-3-11-22(27)12-4-18,19-5-13-23(28)14-6-19)20-7-15-24(29)16-8-20/h1-16H. The Labute approximate surface area is 204 Å². The molecule has 29 heavy (non-hydrogen) atoms. The molecule has 4 aromatic carbocycles. The molecular weight excluding hydrogens is 620 g/mol. The Hall–Kier alpha value is -1.20. The van der Waals surface area contributed by atoms with E-state index in [0.29, 0.717) is 0 Å². The van der Waals surface area contributed by atoms with E-state index in [-0.39, 0.29) is 0 Å². The van der Waals surface area contributed by atoms with E-state index in [1.54, 1.807) is 0 Å². The molecule has 0 saturated heterocycles. The predicted molar refractivity (Wildman–Crippen MR) is 136 cm³/mol. The highest BCUT2D eigenvalue weighted by molar-refractivity contribution is 9.11. The fourth-order valence-electron chi connectivity index (χ4n) is 3.80.